The molecule has 0 fully saturated rings. The zero-order valence-corrected chi connectivity index (χ0v) is 14.3. The molecule has 2 nitrogen and oxygen atoms in total. The fourth-order valence-electron chi connectivity index (χ4n) is 2.89. The molecule has 0 saturated carbocycles. The molecule has 0 radical (unpaired) electrons. The lowest BCUT2D eigenvalue weighted by molar-refractivity contribution is 0.867. The highest BCUT2D eigenvalue weighted by Crippen LogP contribution is 2.32. The molecule has 0 bridgehead atoms. The van der Waals surface area contributed by atoms with Gasteiger partial charge in [-0.1, -0.05) is 35.9 Å². The second kappa shape index (κ2) is 6.93. The van der Waals surface area contributed by atoms with E-state index in [9.17, 15) is 0 Å². The second-order valence-electron chi connectivity index (χ2n) is 5.52. The SMILES string of the molecule is CCN(CC)c1ccc2c(Nc3ccccc3)cc(Cl)cc2c1. The van der Waals surface area contributed by atoms with Gasteiger partial charge in [0.2, 0.25) is 0 Å². The third kappa shape index (κ3) is 3.43. The number of hydrogen-bond acceptors (Lipinski definition) is 2. The van der Waals surface area contributed by atoms with E-state index in [-0.39, 0.29) is 0 Å². The molecule has 0 spiro atoms. The van der Waals surface area contributed by atoms with Gasteiger partial charge < -0.3 is 10.2 Å². The van der Waals surface area contributed by atoms with E-state index in [0.717, 1.165) is 34.9 Å². The Morgan fingerprint density at radius 1 is 0.913 bits per heavy atom. The molecule has 3 heteroatoms. The highest BCUT2D eigenvalue weighted by atomic mass is 35.5. The summed E-state index contributed by atoms with van der Waals surface area (Å²) in [5, 5.41) is 6.54. The number of fused-ring (bicyclic) bond motifs is 1. The van der Waals surface area contributed by atoms with Crippen LogP contribution in [0.25, 0.3) is 10.8 Å². The summed E-state index contributed by atoms with van der Waals surface area (Å²) in [5.74, 6) is 0. The minimum Gasteiger partial charge on any atom is -0.372 e. The van der Waals surface area contributed by atoms with Gasteiger partial charge in [-0.25, -0.2) is 0 Å². The average molecular weight is 325 g/mol. The number of rotatable bonds is 5. The topological polar surface area (TPSA) is 15.3 Å². The predicted octanol–water partition coefficient (Wildman–Crippen LogP) is 6.08. The number of hydrogen-bond donors (Lipinski definition) is 1. The zero-order valence-electron chi connectivity index (χ0n) is 13.5. The third-order valence-electron chi connectivity index (χ3n) is 4.08. The zero-order chi connectivity index (χ0) is 16.2. The summed E-state index contributed by atoms with van der Waals surface area (Å²) in [6.45, 7) is 6.34. The van der Waals surface area contributed by atoms with Crippen LogP contribution in [0.1, 0.15) is 13.8 Å². The van der Waals surface area contributed by atoms with Crippen molar-refractivity contribution >= 4 is 39.4 Å². The summed E-state index contributed by atoms with van der Waals surface area (Å²) in [6, 6.07) is 20.7. The van der Waals surface area contributed by atoms with Gasteiger partial charge in [0.25, 0.3) is 0 Å². The summed E-state index contributed by atoms with van der Waals surface area (Å²) in [7, 11) is 0. The van der Waals surface area contributed by atoms with Crippen molar-refractivity contribution in [3.05, 3.63) is 65.7 Å². The Kier molecular flexibility index (Phi) is 4.73. The van der Waals surface area contributed by atoms with Gasteiger partial charge in [-0.3, -0.25) is 0 Å². The van der Waals surface area contributed by atoms with Crippen LogP contribution in [0.15, 0.2) is 60.7 Å². The Bertz CT molecular complexity index is 795. The lowest BCUT2D eigenvalue weighted by Gasteiger charge is -2.22. The minimum atomic E-state index is 0.743. The fourth-order valence-corrected chi connectivity index (χ4v) is 3.11. The first kappa shape index (κ1) is 15.7. The van der Waals surface area contributed by atoms with Gasteiger partial charge >= 0.3 is 0 Å². The molecular weight excluding hydrogens is 304 g/mol. The van der Waals surface area contributed by atoms with E-state index in [1.54, 1.807) is 0 Å². The molecule has 3 aromatic carbocycles. The Labute approximate surface area is 142 Å². The maximum absolute atomic E-state index is 6.34. The smallest absolute Gasteiger partial charge is 0.0478 e. The molecule has 0 atom stereocenters. The van der Waals surface area contributed by atoms with Crippen LogP contribution in [0, 0.1) is 0 Å². The number of anilines is 3. The Morgan fingerprint density at radius 2 is 1.65 bits per heavy atom. The number of nitrogens with one attached hydrogen (secondary N) is 1. The molecule has 0 aliphatic heterocycles. The molecule has 3 aromatic rings. The molecule has 118 valence electrons. The molecular formula is C20H21ClN2. The highest BCUT2D eigenvalue weighted by molar-refractivity contribution is 6.32. The van der Waals surface area contributed by atoms with E-state index < -0.39 is 0 Å². The lowest BCUT2D eigenvalue weighted by atomic mass is 10.1. The van der Waals surface area contributed by atoms with Gasteiger partial charge in [-0.2, -0.15) is 0 Å². The van der Waals surface area contributed by atoms with Crippen molar-refractivity contribution in [1.29, 1.82) is 0 Å². The number of benzene rings is 3. The summed E-state index contributed by atoms with van der Waals surface area (Å²) >= 11 is 6.34. The van der Waals surface area contributed by atoms with Crippen LogP contribution in [0.2, 0.25) is 5.02 Å². The Balaban J connectivity index is 2.05. The van der Waals surface area contributed by atoms with Crippen molar-refractivity contribution < 1.29 is 0 Å². The molecule has 0 heterocycles. The molecule has 3 rings (SSSR count). The van der Waals surface area contributed by atoms with Crippen molar-refractivity contribution in [2.45, 2.75) is 13.8 Å². The number of nitrogens with zero attached hydrogens (tertiary/aromatic N) is 1. The lowest BCUT2D eigenvalue weighted by Crippen LogP contribution is -2.21. The predicted molar refractivity (Wildman–Crippen MR) is 102 cm³/mol. The van der Waals surface area contributed by atoms with Crippen LogP contribution in [0.3, 0.4) is 0 Å². The first-order valence-corrected chi connectivity index (χ1v) is 8.39. The quantitative estimate of drug-likeness (QED) is 0.611. The Morgan fingerprint density at radius 3 is 2.35 bits per heavy atom. The number of halogens is 1. The first-order chi connectivity index (χ1) is 11.2. The molecule has 0 aromatic heterocycles. The minimum absolute atomic E-state index is 0.743. The van der Waals surface area contributed by atoms with Crippen LogP contribution in [-0.2, 0) is 0 Å². The highest BCUT2D eigenvalue weighted by Gasteiger charge is 2.07. The van der Waals surface area contributed by atoms with Gasteiger partial charge in [0.1, 0.15) is 0 Å². The van der Waals surface area contributed by atoms with E-state index in [1.807, 2.05) is 30.3 Å². The summed E-state index contributed by atoms with van der Waals surface area (Å²) in [4.78, 5) is 2.34. The van der Waals surface area contributed by atoms with Gasteiger partial charge in [-0.05, 0) is 55.6 Å². The maximum atomic E-state index is 6.34. The average Bonchev–Trinajstić information content (AvgIpc) is 2.56. The molecule has 0 aliphatic carbocycles. The first-order valence-electron chi connectivity index (χ1n) is 8.01. The van der Waals surface area contributed by atoms with Crippen molar-refractivity contribution in [2.75, 3.05) is 23.3 Å². The van der Waals surface area contributed by atoms with Crippen LogP contribution in [0.4, 0.5) is 17.1 Å². The van der Waals surface area contributed by atoms with E-state index in [0.29, 0.717) is 0 Å². The summed E-state index contributed by atoms with van der Waals surface area (Å²) in [6.07, 6.45) is 0. The summed E-state index contributed by atoms with van der Waals surface area (Å²) < 4.78 is 0. The molecule has 1 N–H and O–H groups in total. The van der Waals surface area contributed by atoms with Crippen LogP contribution in [0.5, 0.6) is 0 Å². The van der Waals surface area contributed by atoms with E-state index in [2.05, 4.69) is 54.4 Å². The fraction of sp³-hybridized carbons (Fsp3) is 0.200. The van der Waals surface area contributed by atoms with Gasteiger partial charge in [0.15, 0.2) is 0 Å². The van der Waals surface area contributed by atoms with E-state index in [4.69, 9.17) is 11.6 Å². The Hall–Kier alpha value is -2.19. The van der Waals surface area contributed by atoms with Gasteiger partial charge in [0, 0.05) is 40.6 Å². The van der Waals surface area contributed by atoms with Crippen molar-refractivity contribution in [2.24, 2.45) is 0 Å². The van der Waals surface area contributed by atoms with Gasteiger partial charge in [-0.15, -0.1) is 0 Å². The van der Waals surface area contributed by atoms with Crippen molar-refractivity contribution in [1.82, 2.24) is 0 Å². The maximum Gasteiger partial charge on any atom is 0.0478 e. The van der Waals surface area contributed by atoms with E-state index >= 15 is 0 Å². The third-order valence-corrected chi connectivity index (χ3v) is 4.30. The van der Waals surface area contributed by atoms with Crippen LogP contribution in [-0.4, -0.2) is 13.1 Å². The van der Waals surface area contributed by atoms with Crippen molar-refractivity contribution in [3.8, 4) is 0 Å². The molecule has 0 saturated heterocycles. The van der Waals surface area contributed by atoms with Crippen LogP contribution >= 0.6 is 11.6 Å². The largest absolute Gasteiger partial charge is 0.372 e. The monoisotopic (exact) mass is 324 g/mol. The van der Waals surface area contributed by atoms with Gasteiger partial charge in [0.05, 0.1) is 0 Å². The van der Waals surface area contributed by atoms with Crippen LogP contribution < -0.4 is 10.2 Å². The van der Waals surface area contributed by atoms with E-state index in [1.165, 1.54) is 11.1 Å². The van der Waals surface area contributed by atoms with Crippen molar-refractivity contribution in [3.63, 3.8) is 0 Å². The number of para-hydroxylation sites is 1. The molecule has 0 amide bonds. The normalized spacial score (nSPS) is 10.7. The molecule has 0 aliphatic rings. The standard InChI is InChI=1S/C20H21ClN2/c1-3-23(4-2)18-10-11-19-15(13-18)12-16(21)14-20(19)22-17-8-6-5-7-9-17/h5-14,22H,3-4H2,1-2H3. The molecule has 0 unspecified atom stereocenters. The second-order valence-corrected chi connectivity index (χ2v) is 5.96. The summed E-state index contributed by atoms with van der Waals surface area (Å²) in [5.41, 5.74) is 3.32. The molecule has 23 heavy (non-hydrogen) atoms.